The quantitative estimate of drug-likeness (QED) is 0.919. The molecule has 1 atom stereocenters. The third-order valence-corrected chi connectivity index (χ3v) is 5.87. The molecule has 1 N–H and O–H groups in total. The van der Waals surface area contributed by atoms with Crippen LogP contribution in [0.15, 0.2) is 54.6 Å². The highest BCUT2D eigenvalue weighted by Gasteiger charge is 2.50. The molecule has 0 spiro atoms. The summed E-state index contributed by atoms with van der Waals surface area (Å²) in [5.74, 6) is -0.0218. The number of piperidine rings is 1. The summed E-state index contributed by atoms with van der Waals surface area (Å²) in [6.07, 6.45) is 2.31. The van der Waals surface area contributed by atoms with Crippen molar-refractivity contribution in [3.8, 4) is 0 Å². The molecule has 1 saturated heterocycles. The van der Waals surface area contributed by atoms with Crippen LogP contribution in [0.4, 0.5) is 0 Å². The molecule has 4 rings (SSSR count). The zero-order valence-corrected chi connectivity index (χ0v) is 15.3. The number of nitrogens with zero attached hydrogens (tertiary/aromatic N) is 2. The van der Waals surface area contributed by atoms with Crippen LogP contribution in [0.1, 0.15) is 47.7 Å². The summed E-state index contributed by atoms with van der Waals surface area (Å²) in [7, 11) is 0. The summed E-state index contributed by atoms with van der Waals surface area (Å²) in [4.78, 5) is 17.2. The van der Waals surface area contributed by atoms with Gasteiger partial charge < -0.3 is 10.0 Å². The van der Waals surface area contributed by atoms with Gasteiger partial charge in [0.05, 0.1) is 0 Å². The standard InChI is InChI=1S/C22H26N2O2/c1-2-22(26)20-11-7-6-10-19(20)21(25)24(22)18-12-14-23(15-13-18)16-17-8-4-3-5-9-17/h3-11,18,26H,2,12-16H2,1H3. The zero-order valence-electron chi connectivity index (χ0n) is 15.3. The van der Waals surface area contributed by atoms with Gasteiger partial charge in [-0.3, -0.25) is 9.69 Å². The van der Waals surface area contributed by atoms with Crippen molar-refractivity contribution >= 4 is 5.91 Å². The number of benzene rings is 2. The van der Waals surface area contributed by atoms with Crippen LogP contribution >= 0.6 is 0 Å². The number of likely N-dealkylation sites (tertiary alicyclic amines) is 1. The Balaban J connectivity index is 1.48. The predicted molar refractivity (Wildman–Crippen MR) is 102 cm³/mol. The summed E-state index contributed by atoms with van der Waals surface area (Å²) in [5.41, 5.74) is 1.57. The van der Waals surface area contributed by atoms with Gasteiger partial charge in [-0.25, -0.2) is 0 Å². The first-order valence-electron chi connectivity index (χ1n) is 9.55. The van der Waals surface area contributed by atoms with E-state index in [1.54, 1.807) is 4.90 Å². The monoisotopic (exact) mass is 350 g/mol. The van der Waals surface area contributed by atoms with Crippen molar-refractivity contribution in [1.82, 2.24) is 9.80 Å². The first-order valence-corrected chi connectivity index (χ1v) is 9.55. The number of hydrogen-bond acceptors (Lipinski definition) is 3. The Labute approximate surface area is 155 Å². The van der Waals surface area contributed by atoms with E-state index < -0.39 is 5.72 Å². The molecule has 0 saturated carbocycles. The molecule has 4 nitrogen and oxygen atoms in total. The van der Waals surface area contributed by atoms with Crippen LogP contribution in [-0.4, -0.2) is 39.9 Å². The zero-order chi connectivity index (χ0) is 18.1. The van der Waals surface area contributed by atoms with E-state index in [2.05, 4.69) is 29.2 Å². The van der Waals surface area contributed by atoms with E-state index in [1.807, 2.05) is 37.3 Å². The molecule has 2 aromatic rings. The fourth-order valence-corrected chi connectivity index (χ4v) is 4.45. The Morgan fingerprint density at radius 2 is 1.69 bits per heavy atom. The molecule has 26 heavy (non-hydrogen) atoms. The van der Waals surface area contributed by atoms with Crippen LogP contribution < -0.4 is 0 Å². The number of amides is 1. The second kappa shape index (κ2) is 6.86. The Kier molecular flexibility index (Phi) is 4.55. The molecule has 136 valence electrons. The summed E-state index contributed by atoms with van der Waals surface area (Å²) < 4.78 is 0. The summed E-state index contributed by atoms with van der Waals surface area (Å²) >= 11 is 0. The van der Waals surface area contributed by atoms with Crippen molar-refractivity contribution in [1.29, 1.82) is 0 Å². The van der Waals surface area contributed by atoms with Crippen molar-refractivity contribution in [3.05, 3.63) is 71.3 Å². The summed E-state index contributed by atoms with van der Waals surface area (Å²) in [5, 5.41) is 11.3. The highest BCUT2D eigenvalue weighted by molar-refractivity contribution is 5.99. The van der Waals surface area contributed by atoms with Crippen LogP contribution in [0.5, 0.6) is 0 Å². The summed E-state index contributed by atoms with van der Waals surface area (Å²) in [6.45, 7) is 4.78. The van der Waals surface area contributed by atoms with Gasteiger partial charge in [-0.05, 0) is 30.9 Å². The second-order valence-electron chi connectivity index (χ2n) is 7.38. The van der Waals surface area contributed by atoms with Crippen LogP contribution in [0.3, 0.4) is 0 Å². The molecule has 1 fully saturated rings. The minimum Gasteiger partial charge on any atom is -0.367 e. The average molecular weight is 350 g/mol. The van der Waals surface area contributed by atoms with Gasteiger partial charge in [0.2, 0.25) is 0 Å². The lowest BCUT2D eigenvalue weighted by atomic mass is 9.96. The van der Waals surface area contributed by atoms with Crippen molar-refractivity contribution in [2.24, 2.45) is 0 Å². The molecule has 2 aliphatic rings. The number of fused-ring (bicyclic) bond motifs is 1. The number of aliphatic hydroxyl groups is 1. The molecular formula is C22H26N2O2. The largest absolute Gasteiger partial charge is 0.367 e. The van der Waals surface area contributed by atoms with Gasteiger partial charge in [0, 0.05) is 36.8 Å². The molecule has 0 bridgehead atoms. The third-order valence-electron chi connectivity index (χ3n) is 5.87. The molecule has 1 amide bonds. The average Bonchev–Trinajstić information content (AvgIpc) is 2.92. The van der Waals surface area contributed by atoms with Gasteiger partial charge in [0.15, 0.2) is 5.72 Å². The first-order chi connectivity index (χ1) is 12.6. The molecule has 2 aliphatic heterocycles. The topological polar surface area (TPSA) is 43.8 Å². The van der Waals surface area contributed by atoms with Gasteiger partial charge in [-0.1, -0.05) is 55.5 Å². The van der Waals surface area contributed by atoms with E-state index in [4.69, 9.17) is 0 Å². The van der Waals surface area contributed by atoms with Crippen molar-refractivity contribution in [2.75, 3.05) is 13.1 Å². The van der Waals surface area contributed by atoms with E-state index in [1.165, 1.54) is 5.56 Å². The maximum Gasteiger partial charge on any atom is 0.257 e. The fourth-order valence-electron chi connectivity index (χ4n) is 4.45. The fraction of sp³-hybridized carbons (Fsp3) is 0.409. The van der Waals surface area contributed by atoms with Crippen LogP contribution in [0.2, 0.25) is 0 Å². The molecular weight excluding hydrogens is 324 g/mol. The lowest BCUT2D eigenvalue weighted by Crippen LogP contribution is -2.53. The smallest absolute Gasteiger partial charge is 0.257 e. The number of rotatable bonds is 4. The first kappa shape index (κ1) is 17.3. The number of carbonyl (C=O) groups excluding carboxylic acids is 1. The van der Waals surface area contributed by atoms with Gasteiger partial charge in [-0.15, -0.1) is 0 Å². The van der Waals surface area contributed by atoms with Crippen LogP contribution in [0.25, 0.3) is 0 Å². The summed E-state index contributed by atoms with van der Waals surface area (Å²) in [6, 6.07) is 18.1. The molecule has 4 heteroatoms. The van der Waals surface area contributed by atoms with Crippen molar-refractivity contribution in [3.63, 3.8) is 0 Å². The van der Waals surface area contributed by atoms with Crippen molar-refractivity contribution in [2.45, 2.75) is 44.5 Å². The Hall–Kier alpha value is -2.17. The molecule has 0 radical (unpaired) electrons. The van der Waals surface area contributed by atoms with Gasteiger partial charge >= 0.3 is 0 Å². The van der Waals surface area contributed by atoms with Gasteiger partial charge in [0.25, 0.3) is 5.91 Å². The molecule has 2 heterocycles. The predicted octanol–water partition coefficient (Wildman–Crippen LogP) is 3.36. The minimum absolute atomic E-state index is 0.0218. The Morgan fingerprint density at radius 1 is 1.04 bits per heavy atom. The molecule has 0 aliphatic carbocycles. The maximum atomic E-state index is 13.0. The number of hydrogen-bond donors (Lipinski definition) is 1. The second-order valence-corrected chi connectivity index (χ2v) is 7.38. The van der Waals surface area contributed by atoms with Crippen molar-refractivity contribution < 1.29 is 9.90 Å². The van der Waals surface area contributed by atoms with E-state index in [0.29, 0.717) is 12.0 Å². The highest BCUT2D eigenvalue weighted by Crippen LogP contribution is 2.42. The van der Waals surface area contributed by atoms with E-state index >= 15 is 0 Å². The van der Waals surface area contributed by atoms with E-state index in [9.17, 15) is 9.90 Å². The molecule has 1 unspecified atom stereocenters. The molecule has 0 aromatic heterocycles. The third kappa shape index (κ3) is 2.83. The lowest BCUT2D eigenvalue weighted by Gasteiger charge is -2.43. The van der Waals surface area contributed by atoms with Gasteiger partial charge in [-0.2, -0.15) is 0 Å². The molecule has 2 aromatic carbocycles. The Bertz CT molecular complexity index is 784. The van der Waals surface area contributed by atoms with E-state index in [-0.39, 0.29) is 11.9 Å². The van der Waals surface area contributed by atoms with E-state index in [0.717, 1.165) is 38.0 Å². The number of carbonyl (C=O) groups is 1. The maximum absolute atomic E-state index is 13.0. The highest BCUT2D eigenvalue weighted by atomic mass is 16.3. The SMILES string of the molecule is CCC1(O)c2ccccc2C(=O)N1C1CCN(Cc2ccccc2)CC1. The minimum atomic E-state index is -1.17. The normalized spacial score (nSPS) is 24.1. The van der Waals surface area contributed by atoms with Crippen LogP contribution in [-0.2, 0) is 12.3 Å². The lowest BCUT2D eigenvalue weighted by molar-refractivity contribution is -0.113. The van der Waals surface area contributed by atoms with Crippen LogP contribution in [0, 0.1) is 0 Å². The Morgan fingerprint density at radius 3 is 2.38 bits per heavy atom. The van der Waals surface area contributed by atoms with Gasteiger partial charge in [0.1, 0.15) is 0 Å².